The van der Waals surface area contributed by atoms with Crippen molar-refractivity contribution in [1.29, 1.82) is 0 Å². The minimum Gasteiger partial charge on any atom is -0.857 e. The van der Waals surface area contributed by atoms with E-state index < -0.39 is 5.54 Å². The SMILES string of the molecule is BrBr.C1CNCCN1.C=CCC(C)(C(=O)c1ccc(N2CCNCC2)cc1)N1CCNCC1.C=CCC(C)C(=O)Cl.C[O-].Fc1ccccc1.[Na+]. The van der Waals surface area contributed by atoms with Crippen molar-refractivity contribution in [3.63, 3.8) is 0 Å². The molecule has 0 aliphatic carbocycles. The zero-order valence-corrected chi connectivity index (χ0v) is 36.8. The van der Waals surface area contributed by atoms with E-state index in [1.807, 2.05) is 18.2 Å². The van der Waals surface area contributed by atoms with E-state index in [9.17, 15) is 14.0 Å². The number of Topliss-reactive ketones (excluding diaryl/α,β-unsaturated/α-hetero) is 1. The van der Waals surface area contributed by atoms with Crippen molar-refractivity contribution in [3.05, 3.63) is 91.3 Å². The summed E-state index contributed by atoms with van der Waals surface area (Å²) in [7, 11) is 0.750. The van der Waals surface area contributed by atoms with Crippen LogP contribution in [0.1, 0.15) is 37.0 Å². The monoisotopic (exact) mass is 868 g/mol. The van der Waals surface area contributed by atoms with E-state index in [2.05, 4.69) is 91.5 Å². The fourth-order valence-electron chi connectivity index (χ4n) is 5.22. The predicted octanol–water partition coefficient (Wildman–Crippen LogP) is 2.16. The molecule has 2 aromatic carbocycles. The number of carbonyl (C=O) groups is 2. The van der Waals surface area contributed by atoms with E-state index in [-0.39, 0.29) is 52.3 Å². The third-order valence-corrected chi connectivity index (χ3v) is 8.43. The first kappa shape index (κ1) is 52.1. The van der Waals surface area contributed by atoms with E-state index in [0.717, 1.165) is 91.2 Å². The van der Waals surface area contributed by atoms with Gasteiger partial charge >= 0.3 is 29.6 Å². The maximum absolute atomic E-state index is 13.3. The van der Waals surface area contributed by atoms with Crippen LogP contribution in [0.15, 0.2) is 79.9 Å². The molecular formula is C37H57Br2ClFN6NaO3. The van der Waals surface area contributed by atoms with Gasteiger partial charge in [0, 0.05) is 124 Å². The van der Waals surface area contributed by atoms with Gasteiger partial charge in [0.2, 0.25) is 5.24 Å². The van der Waals surface area contributed by atoms with Crippen LogP contribution in [0, 0.1) is 11.7 Å². The summed E-state index contributed by atoms with van der Waals surface area (Å²) in [5.74, 6) is -0.0576. The topological polar surface area (TPSA) is 112 Å². The zero-order valence-electron chi connectivity index (χ0n) is 30.9. The Morgan fingerprint density at radius 1 is 0.843 bits per heavy atom. The standard InChI is InChI=1S/C20H30N4O.C6H9ClO.C6H5F.C4H10N2.CH3O.Br2.Na/c1-3-8-20(2,24-15-11-22-12-16-24)19(25)17-4-6-18(7-5-17)23-13-9-21-10-14-23;1-3-4-5(2)6(7)8;7-6-4-2-1-3-5-6;1-2-6-4-3-5-1;2*1-2;/h3-7,21-22H,1,8-16H2,2H3;3,5H,1,4H2,2H3;1-5H;5-6H,1-4H2;1H3;;/q;;;;-1;;+1. The van der Waals surface area contributed by atoms with Crippen LogP contribution in [0.25, 0.3) is 0 Å². The van der Waals surface area contributed by atoms with Crippen LogP contribution in [0.2, 0.25) is 0 Å². The minimum absolute atomic E-state index is 0. The molecule has 282 valence electrons. The molecule has 3 heterocycles. The molecule has 5 rings (SSSR count). The molecule has 3 aliphatic heterocycles. The smallest absolute Gasteiger partial charge is 0.857 e. The summed E-state index contributed by atoms with van der Waals surface area (Å²) < 4.78 is 11.9. The maximum atomic E-state index is 13.3. The number of hydrogen-bond acceptors (Lipinski definition) is 9. The third-order valence-electron chi connectivity index (χ3n) is 8.06. The molecule has 14 heteroatoms. The Hall–Kier alpha value is -1.000. The van der Waals surface area contributed by atoms with Crippen LogP contribution in [0.5, 0.6) is 0 Å². The van der Waals surface area contributed by atoms with Gasteiger partial charge in [-0.05, 0) is 67.8 Å². The summed E-state index contributed by atoms with van der Waals surface area (Å²) in [6.07, 6.45) is 4.90. The average molecular weight is 871 g/mol. The van der Waals surface area contributed by atoms with Crippen LogP contribution in [0.4, 0.5) is 10.1 Å². The van der Waals surface area contributed by atoms with Gasteiger partial charge in [0.15, 0.2) is 5.78 Å². The second kappa shape index (κ2) is 33.6. The largest absolute Gasteiger partial charge is 1.00 e. The van der Waals surface area contributed by atoms with Gasteiger partial charge in [-0.3, -0.25) is 14.5 Å². The normalized spacial score (nSPS) is 16.8. The first-order valence-electron chi connectivity index (χ1n) is 16.9. The first-order valence-corrected chi connectivity index (χ1v) is 21.0. The number of nitrogens with zero attached hydrogens (tertiary/aromatic N) is 2. The number of rotatable bonds is 9. The quantitative estimate of drug-likeness (QED) is 0.131. The number of carbonyl (C=O) groups excluding carboxylic acids is 2. The molecular weight excluding hydrogens is 814 g/mol. The molecule has 0 saturated carbocycles. The summed E-state index contributed by atoms with van der Waals surface area (Å²) in [6, 6.07) is 16.1. The minimum atomic E-state index is -0.513. The number of piperazine rings is 3. The number of anilines is 1. The average Bonchev–Trinajstić information content (AvgIpc) is 3.19. The third kappa shape index (κ3) is 22.1. The van der Waals surface area contributed by atoms with Gasteiger partial charge in [0.1, 0.15) is 5.82 Å². The van der Waals surface area contributed by atoms with E-state index in [4.69, 9.17) is 16.7 Å². The van der Waals surface area contributed by atoms with Crippen LogP contribution < -0.4 is 60.8 Å². The Kier molecular flexibility index (Phi) is 34.3. The Morgan fingerprint density at radius 2 is 1.29 bits per heavy atom. The summed E-state index contributed by atoms with van der Waals surface area (Å²) in [4.78, 5) is 28.2. The number of halogens is 4. The van der Waals surface area contributed by atoms with Crippen molar-refractivity contribution in [2.24, 2.45) is 5.92 Å². The summed E-state index contributed by atoms with van der Waals surface area (Å²) >= 11 is 10.6. The zero-order chi connectivity index (χ0) is 37.6. The van der Waals surface area contributed by atoms with Crippen LogP contribution in [0.3, 0.4) is 0 Å². The molecule has 2 unspecified atom stereocenters. The molecule has 4 N–H and O–H groups in total. The summed E-state index contributed by atoms with van der Waals surface area (Å²) in [6.45, 7) is 23.5. The summed E-state index contributed by atoms with van der Waals surface area (Å²) in [5.41, 5.74) is 1.48. The van der Waals surface area contributed by atoms with E-state index in [1.54, 1.807) is 31.2 Å². The van der Waals surface area contributed by atoms with E-state index >= 15 is 0 Å². The molecule has 2 aromatic rings. The van der Waals surface area contributed by atoms with Gasteiger partial charge in [-0.25, -0.2) is 4.39 Å². The molecule has 0 radical (unpaired) electrons. The molecule has 3 aliphatic rings. The van der Waals surface area contributed by atoms with Crippen molar-refractivity contribution in [2.45, 2.75) is 32.2 Å². The van der Waals surface area contributed by atoms with Crippen molar-refractivity contribution in [1.82, 2.24) is 26.2 Å². The van der Waals surface area contributed by atoms with Gasteiger partial charge in [-0.15, -0.1) is 13.2 Å². The number of benzene rings is 2. The molecule has 9 nitrogen and oxygen atoms in total. The Morgan fingerprint density at radius 3 is 1.65 bits per heavy atom. The van der Waals surface area contributed by atoms with Crippen molar-refractivity contribution < 1.29 is 48.6 Å². The van der Waals surface area contributed by atoms with Gasteiger partial charge in [0.25, 0.3) is 0 Å². The molecule has 2 atom stereocenters. The Balaban J connectivity index is 0. The second-order valence-corrected chi connectivity index (χ2v) is 12.0. The maximum Gasteiger partial charge on any atom is 1.00 e. The van der Waals surface area contributed by atoms with Crippen LogP contribution in [-0.4, -0.2) is 107 Å². The van der Waals surface area contributed by atoms with Crippen molar-refractivity contribution in [2.75, 3.05) is 90.5 Å². The number of nitrogens with one attached hydrogen (secondary N) is 4. The van der Waals surface area contributed by atoms with Crippen molar-refractivity contribution >= 4 is 56.6 Å². The number of hydrogen-bond donors (Lipinski definition) is 4. The second-order valence-electron chi connectivity index (χ2n) is 11.6. The van der Waals surface area contributed by atoms with Gasteiger partial charge in [-0.2, -0.15) is 7.11 Å². The van der Waals surface area contributed by atoms with E-state index in [0.29, 0.717) is 12.8 Å². The molecule has 0 bridgehead atoms. The molecule has 0 spiro atoms. The van der Waals surface area contributed by atoms with Gasteiger partial charge < -0.3 is 31.3 Å². The number of allylic oxidation sites excluding steroid dienone is 1. The van der Waals surface area contributed by atoms with Crippen LogP contribution in [-0.2, 0) is 4.79 Å². The summed E-state index contributed by atoms with van der Waals surface area (Å²) in [5, 5.41) is 21.1. The predicted molar refractivity (Wildman–Crippen MR) is 214 cm³/mol. The van der Waals surface area contributed by atoms with Gasteiger partial charge in [0.05, 0.1) is 5.54 Å². The fourth-order valence-corrected chi connectivity index (χ4v) is 5.31. The fraction of sp³-hybridized carbons (Fsp3) is 0.514. The first-order chi connectivity index (χ1) is 24.2. The Bertz CT molecular complexity index is 1170. The molecule has 3 saturated heterocycles. The van der Waals surface area contributed by atoms with E-state index in [1.165, 1.54) is 17.8 Å². The Labute approximate surface area is 348 Å². The molecule has 0 aromatic heterocycles. The van der Waals surface area contributed by atoms with Crippen molar-refractivity contribution in [3.8, 4) is 0 Å². The molecule has 51 heavy (non-hydrogen) atoms. The molecule has 3 fully saturated rings. The van der Waals surface area contributed by atoms with Crippen LogP contribution >= 0.6 is 39.9 Å². The number of ketones is 1. The molecule has 0 amide bonds. The van der Waals surface area contributed by atoms with Gasteiger partial charge in [-0.1, -0.05) is 37.3 Å².